The van der Waals surface area contributed by atoms with Gasteiger partial charge in [-0.1, -0.05) is 6.07 Å². The smallest absolute Gasteiger partial charge is 0.462 e. The van der Waals surface area contributed by atoms with Crippen molar-refractivity contribution in [3.05, 3.63) is 30.0 Å². The van der Waals surface area contributed by atoms with Gasteiger partial charge in [0.25, 0.3) is 0 Å². The molecular formula is C11H9BF2NRb. The molecule has 2 radical (unpaired) electrons. The fourth-order valence-electron chi connectivity index (χ4n) is 1.67. The summed E-state index contributed by atoms with van der Waals surface area (Å²) in [7, 11) is 5.63. The topological polar surface area (TPSA) is 4.93 Å². The molecule has 1 aromatic carbocycles. The number of fused-ring (bicyclic) bond motifs is 1. The van der Waals surface area contributed by atoms with Crippen LogP contribution in [0.4, 0.5) is 8.78 Å². The Labute approximate surface area is 143 Å². The van der Waals surface area contributed by atoms with Gasteiger partial charge in [0.1, 0.15) is 5.82 Å². The summed E-state index contributed by atoms with van der Waals surface area (Å²) in [6.07, 6.45) is 2.81. The van der Waals surface area contributed by atoms with Crippen LogP contribution in [0.3, 0.4) is 0 Å². The van der Waals surface area contributed by atoms with Crippen LogP contribution in [0.2, 0.25) is 0 Å². The second kappa shape index (κ2) is 5.42. The van der Waals surface area contributed by atoms with Crippen LogP contribution in [-0.2, 0) is 0 Å². The maximum absolute atomic E-state index is 13.4. The molecule has 16 heavy (non-hydrogen) atoms. The Bertz CT molecular complexity index is 522. The zero-order chi connectivity index (χ0) is 11.2. The zero-order valence-electron chi connectivity index (χ0n) is 9.51. The third-order valence-corrected chi connectivity index (χ3v) is 2.32. The molecule has 2 aromatic rings. The van der Waals surface area contributed by atoms with Crippen LogP contribution >= 0.6 is 0 Å². The Kier molecular flexibility index (Phi) is 4.93. The summed E-state index contributed by atoms with van der Waals surface area (Å²) in [6, 6.07) is 2.16. The van der Waals surface area contributed by atoms with Crippen LogP contribution < -0.4 is 63.7 Å². The molecule has 0 bridgehead atoms. The summed E-state index contributed by atoms with van der Waals surface area (Å²) < 4.78 is 28.1. The Hall–Kier alpha value is 0.490. The monoisotopic (exact) mass is 289 g/mol. The Balaban J connectivity index is 0.00000128. The van der Waals surface area contributed by atoms with Crippen molar-refractivity contribution in [3.8, 4) is 0 Å². The quantitative estimate of drug-likeness (QED) is 0.474. The van der Waals surface area contributed by atoms with Crippen molar-refractivity contribution in [2.75, 3.05) is 0 Å². The largest absolute Gasteiger partial charge is 1.00 e. The van der Waals surface area contributed by atoms with Crippen molar-refractivity contribution < 1.29 is 67.0 Å². The molecule has 76 valence electrons. The van der Waals surface area contributed by atoms with E-state index in [1.807, 2.05) is 13.8 Å². The molecule has 1 aromatic heterocycles. The Morgan fingerprint density at radius 2 is 1.94 bits per heavy atom. The fraction of sp³-hybridized carbons (Fsp3) is 0.273. The molecule has 2 rings (SSSR count). The van der Waals surface area contributed by atoms with Gasteiger partial charge in [0.15, 0.2) is 0 Å². The number of hydrogen-bond acceptors (Lipinski definition) is 0. The average molecular weight is 289 g/mol. The molecule has 0 aliphatic rings. The van der Waals surface area contributed by atoms with E-state index in [-0.39, 0.29) is 75.1 Å². The second-order valence-corrected chi connectivity index (χ2v) is 3.77. The van der Waals surface area contributed by atoms with Gasteiger partial charge >= 0.3 is 58.2 Å². The maximum atomic E-state index is 13.4. The van der Waals surface area contributed by atoms with Gasteiger partial charge in [0.05, 0.1) is 13.7 Å². The van der Waals surface area contributed by atoms with Gasteiger partial charge in [-0.25, -0.2) is 8.78 Å². The number of halogens is 2. The van der Waals surface area contributed by atoms with E-state index in [2.05, 4.69) is 6.20 Å². The van der Waals surface area contributed by atoms with Crippen molar-refractivity contribution in [3.63, 3.8) is 0 Å². The first-order valence-electron chi connectivity index (χ1n) is 4.68. The van der Waals surface area contributed by atoms with Crippen LogP contribution in [0.1, 0.15) is 19.9 Å². The molecule has 1 heterocycles. The van der Waals surface area contributed by atoms with E-state index in [0.29, 0.717) is 5.52 Å². The Morgan fingerprint density at radius 3 is 2.50 bits per heavy atom. The number of rotatable bonds is 1. The maximum Gasteiger partial charge on any atom is 1.00 e. The third kappa shape index (κ3) is 2.50. The predicted octanol–water partition coefficient (Wildman–Crippen LogP) is -0.902. The van der Waals surface area contributed by atoms with Gasteiger partial charge in [-0.05, 0) is 19.9 Å². The van der Waals surface area contributed by atoms with E-state index in [1.54, 1.807) is 4.57 Å². The molecule has 0 aliphatic carbocycles. The van der Waals surface area contributed by atoms with Crippen LogP contribution in [0.25, 0.3) is 10.9 Å². The molecule has 1 nitrogen and oxygen atoms in total. The number of aromatic nitrogens is 1. The molecule has 0 spiro atoms. The zero-order valence-corrected chi connectivity index (χ0v) is 14.4. The van der Waals surface area contributed by atoms with Gasteiger partial charge in [-0.15, -0.1) is 17.1 Å². The minimum absolute atomic E-state index is 0. The van der Waals surface area contributed by atoms with Gasteiger partial charge in [0, 0.05) is 6.04 Å². The molecule has 5 heteroatoms. The summed E-state index contributed by atoms with van der Waals surface area (Å²) in [5.74, 6) is -1.24. The molecule has 0 unspecified atom stereocenters. The fourth-order valence-corrected chi connectivity index (χ4v) is 1.67. The first-order valence-corrected chi connectivity index (χ1v) is 4.68. The molecule has 0 atom stereocenters. The minimum atomic E-state index is -0.641. The number of hydrogen-bond donors (Lipinski definition) is 0. The Morgan fingerprint density at radius 1 is 1.31 bits per heavy atom. The van der Waals surface area contributed by atoms with Crippen molar-refractivity contribution in [1.82, 2.24) is 4.57 Å². The first-order chi connectivity index (χ1) is 7.00. The van der Waals surface area contributed by atoms with Crippen LogP contribution in [0.15, 0.2) is 12.1 Å². The van der Waals surface area contributed by atoms with Crippen molar-refractivity contribution in [2.24, 2.45) is 0 Å². The summed E-state index contributed by atoms with van der Waals surface area (Å²) in [5.41, 5.74) is 0.663. The second-order valence-electron chi connectivity index (χ2n) is 3.77. The predicted molar refractivity (Wildman–Crippen MR) is 56.5 cm³/mol. The van der Waals surface area contributed by atoms with E-state index in [0.717, 1.165) is 6.07 Å². The van der Waals surface area contributed by atoms with Crippen LogP contribution in [-0.4, -0.2) is 12.4 Å². The SMILES string of the molecule is [B]c1[c-]n(C(C)C)c2cc(F)cc(F)c12.[Rb+]. The van der Waals surface area contributed by atoms with Gasteiger partial charge in [-0.2, -0.15) is 5.46 Å². The standard InChI is InChI=1S/C11H9BF2N.Rb/c1-6(2)15-5-8(12)11-9(14)3-7(13)4-10(11)15;/h3-4,6H,1-2H3;/q-1;+1. The number of benzene rings is 1. The van der Waals surface area contributed by atoms with E-state index < -0.39 is 11.6 Å². The summed E-state index contributed by atoms with van der Waals surface area (Å²) in [5, 5.41) is 0.241. The van der Waals surface area contributed by atoms with E-state index >= 15 is 0 Å². The normalized spacial score (nSPS) is 10.8. The molecule has 0 saturated carbocycles. The summed E-state index contributed by atoms with van der Waals surface area (Å²) >= 11 is 0. The third-order valence-electron chi connectivity index (χ3n) is 2.32. The molecular weight excluding hydrogens is 280 g/mol. The summed E-state index contributed by atoms with van der Waals surface area (Å²) in [4.78, 5) is 0. The van der Waals surface area contributed by atoms with Gasteiger partial charge < -0.3 is 4.57 Å². The average Bonchev–Trinajstić information content (AvgIpc) is 2.42. The van der Waals surface area contributed by atoms with Crippen LogP contribution in [0, 0.1) is 17.8 Å². The van der Waals surface area contributed by atoms with Crippen molar-refractivity contribution in [2.45, 2.75) is 19.9 Å². The molecule has 0 fully saturated rings. The van der Waals surface area contributed by atoms with Gasteiger partial charge in [-0.3, -0.25) is 0 Å². The van der Waals surface area contributed by atoms with E-state index in [9.17, 15) is 8.78 Å². The molecule has 0 N–H and O–H groups in total. The molecule has 0 aliphatic heterocycles. The van der Waals surface area contributed by atoms with E-state index in [4.69, 9.17) is 7.85 Å². The van der Waals surface area contributed by atoms with Crippen LogP contribution in [0.5, 0.6) is 0 Å². The summed E-state index contributed by atoms with van der Waals surface area (Å²) in [6.45, 7) is 3.80. The molecule has 0 saturated heterocycles. The van der Waals surface area contributed by atoms with E-state index in [1.165, 1.54) is 6.07 Å². The number of nitrogens with zero attached hydrogens (tertiary/aromatic N) is 1. The first kappa shape index (κ1) is 14.6. The van der Waals surface area contributed by atoms with Gasteiger partial charge in [0.2, 0.25) is 0 Å². The van der Waals surface area contributed by atoms with Crippen molar-refractivity contribution in [1.29, 1.82) is 0 Å². The van der Waals surface area contributed by atoms with Crippen molar-refractivity contribution >= 4 is 24.2 Å². The minimum Gasteiger partial charge on any atom is -0.462 e. The molecule has 0 amide bonds.